The second-order valence-electron chi connectivity index (χ2n) is 5.16. The molecule has 0 aliphatic heterocycles. The molecule has 2 aromatic carbocycles. The summed E-state index contributed by atoms with van der Waals surface area (Å²) >= 11 is 0. The number of aryl methyl sites for hydroxylation is 1. The number of ether oxygens (including phenoxy) is 3. The second kappa shape index (κ2) is 9.74. The van der Waals surface area contributed by atoms with Crippen molar-refractivity contribution in [2.24, 2.45) is 0 Å². The molecule has 2 aromatic rings. The van der Waals surface area contributed by atoms with Gasteiger partial charge in [-0.3, -0.25) is 0 Å². The summed E-state index contributed by atoms with van der Waals surface area (Å²) < 4.78 is 16.5. The van der Waals surface area contributed by atoms with E-state index in [1.165, 1.54) is 5.56 Å². The molecule has 1 N–H and O–H groups in total. The quantitative estimate of drug-likeness (QED) is 0.675. The third-order valence-corrected chi connectivity index (χ3v) is 3.24. The average Bonchev–Trinajstić information content (AvgIpc) is 2.57. The lowest BCUT2D eigenvalue weighted by atomic mass is 10.2. The predicted molar refractivity (Wildman–Crippen MR) is 93.6 cm³/mol. The highest BCUT2D eigenvalue weighted by atomic mass is 16.5. The Morgan fingerprint density at radius 3 is 2.39 bits per heavy atom. The molecule has 0 saturated carbocycles. The molecule has 0 aliphatic carbocycles. The van der Waals surface area contributed by atoms with Gasteiger partial charge in [-0.1, -0.05) is 12.1 Å². The first-order valence-electron chi connectivity index (χ1n) is 8.02. The lowest BCUT2D eigenvalue weighted by Gasteiger charge is -2.10. The minimum Gasteiger partial charge on any atom is -0.492 e. The summed E-state index contributed by atoms with van der Waals surface area (Å²) in [5, 5.41) is 3.33. The molecule has 0 bridgehead atoms. The van der Waals surface area contributed by atoms with Crippen LogP contribution in [0.1, 0.15) is 12.5 Å². The van der Waals surface area contributed by atoms with Gasteiger partial charge in [0.05, 0.1) is 6.61 Å². The van der Waals surface area contributed by atoms with E-state index in [1.54, 1.807) is 0 Å². The van der Waals surface area contributed by atoms with Gasteiger partial charge in [0.2, 0.25) is 0 Å². The Labute approximate surface area is 138 Å². The lowest BCUT2D eigenvalue weighted by Crippen LogP contribution is -2.11. The molecule has 23 heavy (non-hydrogen) atoms. The van der Waals surface area contributed by atoms with Crippen molar-refractivity contribution in [3.05, 3.63) is 54.1 Å². The molecule has 0 aromatic heterocycles. The zero-order valence-electron chi connectivity index (χ0n) is 13.9. The lowest BCUT2D eigenvalue weighted by molar-refractivity contribution is 0.110. The van der Waals surface area contributed by atoms with Crippen LogP contribution >= 0.6 is 0 Å². The van der Waals surface area contributed by atoms with Gasteiger partial charge in [0.15, 0.2) is 0 Å². The molecule has 0 unspecified atom stereocenters. The molecule has 0 spiro atoms. The van der Waals surface area contributed by atoms with Crippen LogP contribution in [0.15, 0.2) is 48.5 Å². The molecule has 0 radical (unpaired) electrons. The highest BCUT2D eigenvalue weighted by Crippen LogP contribution is 2.16. The van der Waals surface area contributed by atoms with E-state index in [9.17, 15) is 0 Å². The normalized spacial score (nSPS) is 10.3. The summed E-state index contributed by atoms with van der Waals surface area (Å²) in [5.74, 6) is 1.76. The Bertz CT molecular complexity index is 569. The zero-order chi connectivity index (χ0) is 16.3. The van der Waals surface area contributed by atoms with Crippen molar-refractivity contribution in [3.8, 4) is 11.5 Å². The van der Waals surface area contributed by atoms with Gasteiger partial charge < -0.3 is 19.5 Å². The van der Waals surface area contributed by atoms with Crippen LogP contribution in [0, 0.1) is 6.92 Å². The summed E-state index contributed by atoms with van der Waals surface area (Å²) in [7, 11) is 0. The third kappa shape index (κ3) is 6.61. The Hall–Kier alpha value is -2.20. The Morgan fingerprint density at radius 1 is 0.870 bits per heavy atom. The maximum atomic E-state index is 5.71. The number of anilines is 1. The summed E-state index contributed by atoms with van der Waals surface area (Å²) in [5.41, 5.74) is 2.25. The second-order valence-corrected chi connectivity index (χ2v) is 5.16. The van der Waals surface area contributed by atoms with E-state index < -0.39 is 0 Å². The summed E-state index contributed by atoms with van der Waals surface area (Å²) in [6.45, 7) is 7.31. The first-order valence-corrected chi connectivity index (χ1v) is 8.02. The smallest absolute Gasteiger partial charge is 0.119 e. The van der Waals surface area contributed by atoms with Crippen LogP contribution in [0.5, 0.6) is 11.5 Å². The van der Waals surface area contributed by atoms with Gasteiger partial charge >= 0.3 is 0 Å². The van der Waals surface area contributed by atoms with E-state index in [-0.39, 0.29) is 0 Å². The van der Waals surface area contributed by atoms with Crippen molar-refractivity contribution in [1.82, 2.24) is 0 Å². The van der Waals surface area contributed by atoms with Gasteiger partial charge in [0.25, 0.3) is 0 Å². The van der Waals surface area contributed by atoms with Crippen molar-refractivity contribution in [2.45, 2.75) is 13.8 Å². The number of benzene rings is 2. The van der Waals surface area contributed by atoms with E-state index in [2.05, 4.69) is 18.3 Å². The minimum absolute atomic E-state index is 0.574. The number of hydrogen-bond donors (Lipinski definition) is 1. The van der Waals surface area contributed by atoms with E-state index >= 15 is 0 Å². The van der Waals surface area contributed by atoms with Crippen LogP contribution in [0.4, 0.5) is 5.69 Å². The van der Waals surface area contributed by atoms with Crippen LogP contribution in [0.25, 0.3) is 0 Å². The van der Waals surface area contributed by atoms with E-state index in [4.69, 9.17) is 14.2 Å². The molecule has 124 valence electrons. The molecule has 4 nitrogen and oxygen atoms in total. The van der Waals surface area contributed by atoms with Gasteiger partial charge in [0, 0.05) is 18.8 Å². The monoisotopic (exact) mass is 315 g/mol. The molecular weight excluding hydrogens is 290 g/mol. The number of rotatable bonds is 10. The van der Waals surface area contributed by atoms with E-state index in [0.29, 0.717) is 19.8 Å². The van der Waals surface area contributed by atoms with Crippen LogP contribution in [0.3, 0.4) is 0 Å². The molecule has 0 saturated heterocycles. The molecule has 0 atom stereocenters. The van der Waals surface area contributed by atoms with Crippen molar-refractivity contribution in [1.29, 1.82) is 0 Å². The minimum atomic E-state index is 0.574. The van der Waals surface area contributed by atoms with Gasteiger partial charge in [-0.25, -0.2) is 0 Å². The third-order valence-electron chi connectivity index (χ3n) is 3.24. The molecule has 0 amide bonds. The van der Waals surface area contributed by atoms with Gasteiger partial charge in [0.1, 0.15) is 24.7 Å². The topological polar surface area (TPSA) is 39.7 Å². The first-order chi connectivity index (χ1) is 11.3. The zero-order valence-corrected chi connectivity index (χ0v) is 13.9. The van der Waals surface area contributed by atoms with E-state index in [1.807, 2.05) is 49.4 Å². The largest absolute Gasteiger partial charge is 0.492 e. The van der Waals surface area contributed by atoms with Crippen LogP contribution in [-0.2, 0) is 4.74 Å². The molecule has 4 heteroatoms. The number of hydrogen-bond acceptors (Lipinski definition) is 4. The number of nitrogens with one attached hydrogen (secondary N) is 1. The van der Waals surface area contributed by atoms with Gasteiger partial charge in [-0.2, -0.15) is 0 Å². The maximum absolute atomic E-state index is 5.71. The van der Waals surface area contributed by atoms with Crippen molar-refractivity contribution in [2.75, 3.05) is 38.3 Å². The van der Waals surface area contributed by atoms with Crippen LogP contribution in [0.2, 0.25) is 0 Å². The van der Waals surface area contributed by atoms with Gasteiger partial charge in [-0.05, 0) is 55.8 Å². The van der Waals surface area contributed by atoms with Crippen LogP contribution < -0.4 is 14.8 Å². The Balaban J connectivity index is 1.65. The fourth-order valence-corrected chi connectivity index (χ4v) is 2.10. The standard InChI is InChI=1S/C19H25NO3/c1-3-21-13-14-23-18-9-7-17(8-10-18)20-11-12-22-19-6-4-5-16(2)15-19/h4-10,15,20H,3,11-14H2,1-2H3. The molecule has 2 rings (SSSR count). The predicted octanol–water partition coefficient (Wildman–Crippen LogP) is 3.90. The Morgan fingerprint density at radius 2 is 1.65 bits per heavy atom. The molecular formula is C19H25NO3. The van der Waals surface area contributed by atoms with Crippen molar-refractivity contribution in [3.63, 3.8) is 0 Å². The average molecular weight is 315 g/mol. The fraction of sp³-hybridized carbons (Fsp3) is 0.368. The maximum Gasteiger partial charge on any atom is 0.119 e. The first kappa shape index (κ1) is 17.2. The highest BCUT2D eigenvalue weighted by Gasteiger charge is 1.97. The molecule has 0 heterocycles. The SMILES string of the molecule is CCOCCOc1ccc(NCCOc2cccc(C)c2)cc1. The summed E-state index contributed by atoms with van der Waals surface area (Å²) in [6.07, 6.45) is 0. The fourth-order valence-electron chi connectivity index (χ4n) is 2.10. The van der Waals surface area contributed by atoms with Crippen molar-refractivity contribution >= 4 is 5.69 Å². The van der Waals surface area contributed by atoms with Crippen molar-refractivity contribution < 1.29 is 14.2 Å². The molecule has 0 aliphatic rings. The highest BCUT2D eigenvalue weighted by molar-refractivity contribution is 5.46. The van der Waals surface area contributed by atoms with Crippen LogP contribution in [-0.4, -0.2) is 33.0 Å². The van der Waals surface area contributed by atoms with E-state index in [0.717, 1.165) is 30.3 Å². The summed E-state index contributed by atoms with van der Waals surface area (Å²) in [6, 6.07) is 16.0. The molecule has 0 fully saturated rings. The summed E-state index contributed by atoms with van der Waals surface area (Å²) in [4.78, 5) is 0. The van der Waals surface area contributed by atoms with Gasteiger partial charge in [-0.15, -0.1) is 0 Å². The Kier molecular flexibility index (Phi) is 7.27.